The van der Waals surface area contributed by atoms with Gasteiger partial charge in [0, 0.05) is 0 Å². The lowest BCUT2D eigenvalue weighted by atomic mass is 9.91. The topological polar surface area (TPSA) is 76.7 Å². The second-order valence-electron chi connectivity index (χ2n) is 5.67. The minimum atomic E-state index is -1.18. The number of carbonyl (C=O) groups excluding carboxylic acids is 2. The number of alkyl carbamates (subject to hydrolysis) is 1. The molecule has 1 aliphatic rings. The van der Waals surface area contributed by atoms with Gasteiger partial charge in [0.05, 0.1) is 0 Å². The Kier molecular flexibility index (Phi) is 4.37. The number of hydrogen-bond acceptors (Lipinski definition) is 4. The molecule has 0 unspecified atom stereocenters. The molecule has 0 saturated carbocycles. The number of hydrogen-bond donors (Lipinski definition) is 2. The van der Waals surface area contributed by atoms with Gasteiger partial charge in [0.25, 0.3) is 5.91 Å². The summed E-state index contributed by atoms with van der Waals surface area (Å²) in [6.45, 7) is 1.73. The summed E-state index contributed by atoms with van der Waals surface area (Å²) in [5.41, 5.74) is -0.308. The third-order valence-corrected chi connectivity index (χ3v) is 3.83. The van der Waals surface area contributed by atoms with E-state index in [2.05, 4.69) is 10.6 Å². The summed E-state index contributed by atoms with van der Waals surface area (Å²) < 4.78 is 10.9. The zero-order valence-corrected chi connectivity index (χ0v) is 13.2. The van der Waals surface area contributed by atoms with Gasteiger partial charge in [-0.1, -0.05) is 48.5 Å². The Morgan fingerprint density at radius 3 is 2.38 bits per heavy atom. The summed E-state index contributed by atoms with van der Waals surface area (Å²) in [5.74, 6) is 0.285. The molecule has 2 aromatic rings. The zero-order chi connectivity index (χ0) is 17.0. The van der Waals surface area contributed by atoms with Gasteiger partial charge in [-0.3, -0.25) is 4.79 Å². The van der Waals surface area contributed by atoms with Crippen LogP contribution >= 0.6 is 0 Å². The first-order chi connectivity index (χ1) is 11.6. The van der Waals surface area contributed by atoms with Gasteiger partial charge < -0.3 is 20.1 Å². The van der Waals surface area contributed by atoms with E-state index < -0.39 is 17.9 Å². The number of carbonyl (C=O) groups is 2. The minimum Gasteiger partial charge on any atom is -0.468 e. The van der Waals surface area contributed by atoms with Crippen LogP contribution in [0.5, 0.6) is 5.75 Å². The number of para-hydroxylation sites is 1. The molecule has 6 nitrogen and oxygen atoms in total. The molecule has 0 aliphatic carbocycles. The minimum absolute atomic E-state index is 0.134. The van der Waals surface area contributed by atoms with Gasteiger partial charge >= 0.3 is 6.09 Å². The summed E-state index contributed by atoms with van der Waals surface area (Å²) in [6.07, 6.45) is -1.32. The van der Waals surface area contributed by atoms with E-state index in [1.54, 1.807) is 19.1 Å². The molecule has 0 aromatic heterocycles. The number of β-lactam (4-membered cyclic amide) rings is 1. The van der Waals surface area contributed by atoms with Gasteiger partial charge in [0.1, 0.15) is 12.4 Å². The maximum atomic E-state index is 12.0. The molecule has 2 amide bonds. The summed E-state index contributed by atoms with van der Waals surface area (Å²) in [5, 5.41) is 5.21. The van der Waals surface area contributed by atoms with Crippen molar-refractivity contribution in [3.63, 3.8) is 0 Å². The van der Waals surface area contributed by atoms with Crippen LogP contribution in [0.25, 0.3) is 0 Å². The maximum absolute atomic E-state index is 12.0. The Balaban J connectivity index is 1.57. The molecule has 1 saturated heterocycles. The Labute approximate surface area is 139 Å². The van der Waals surface area contributed by atoms with Crippen molar-refractivity contribution in [2.75, 3.05) is 0 Å². The molecule has 3 rings (SSSR count). The number of nitrogens with one attached hydrogen (secondary N) is 2. The average molecular weight is 326 g/mol. The molecular weight excluding hydrogens is 308 g/mol. The largest absolute Gasteiger partial charge is 0.468 e. The van der Waals surface area contributed by atoms with Crippen molar-refractivity contribution >= 4 is 12.0 Å². The molecule has 2 atom stereocenters. The van der Waals surface area contributed by atoms with Gasteiger partial charge in [0.2, 0.25) is 6.23 Å². The second kappa shape index (κ2) is 6.62. The van der Waals surface area contributed by atoms with Gasteiger partial charge in [-0.05, 0) is 24.6 Å². The smallest absolute Gasteiger partial charge is 0.408 e. The third-order valence-electron chi connectivity index (χ3n) is 3.83. The highest BCUT2D eigenvalue weighted by Gasteiger charge is 2.55. The molecule has 1 heterocycles. The Morgan fingerprint density at radius 2 is 1.75 bits per heavy atom. The Morgan fingerprint density at radius 1 is 1.12 bits per heavy atom. The van der Waals surface area contributed by atoms with E-state index in [1.807, 2.05) is 48.5 Å². The van der Waals surface area contributed by atoms with Crippen molar-refractivity contribution < 1.29 is 19.1 Å². The summed E-state index contributed by atoms with van der Waals surface area (Å²) in [4.78, 5) is 23.9. The van der Waals surface area contributed by atoms with Crippen LogP contribution < -0.4 is 15.4 Å². The van der Waals surface area contributed by atoms with E-state index in [0.29, 0.717) is 5.75 Å². The quantitative estimate of drug-likeness (QED) is 0.826. The van der Waals surface area contributed by atoms with Gasteiger partial charge in [0.15, 0.2) is 5.54 Å². The SMILES string of the molecule is C[C@@]1(NC(=O)OCc2ccccc2)C(=O)N[C@H]1Oc1ccccc1. The fourth-order valence-corrected chi connectivity index (χ4v) is 2.33. The lowest BCUT2D eigenvalue weighted by Crippen LogP contribution is -2.79. The van der Waals surface area contributed by atoms with Crippen molar-refractivity contribution in [3.8, 4) is 5.75 Å². The van der Waals surface area contributed by atoms with Gasteiger partial charge in [-0.25, -0.2) is 4.79 Å². The molecular formula is C18H18N2O4. The molecule has 2 aromatic carbocycles. The van der Waals surface area contributed by atoms with Crippen LogP contribution in [0.2, 0.25) is 0 Å². The van der Waals surface area contributed by atoms with Crippen LogP contribution in [-0.2, 0) is 16.1 Å². The van der Waals surface area contributed by atoms with E-state index in [1.165, 1.54) is 0 Å². The van der Waals surface area contributed by atoms with Crippen LogP contribution in [0, 0.1) is 0 Å². The van der Waals surface area contributed by atoms with Crippen molar-refractivity contribution in [2.24, 2.45) is 0 Å². The second-order valence-corrected chi connectivity index (χ2v) is 5.67. The monoisotopic (exact) mass is 326 g/mol. The fraction of sp³-hybridized carbons (Fsp3) is 0.222. The summed E-state index contributed by atoms with van der Waals surface area (Å²) in [6, 6.07) is 18.4. The summed E-state index contributed by atoms with van der Waals surface area (Å²) >= 11 is 0. The number of amides is 2. The highest BCUT2D eigenvalue weighted by molar-refractivity contribution is 5.96. The van der Waals surface area contributed by atoms with Crippen molar-refractivity contribution in [1.29, 1.82) is 0 Å². The Bertz CT molecular complexity index is 720. The third kappa shape index (κ3) is 3.32. The number of ether oxygens (including phenoxy) is 2. The highest BCUT2D eigenvalue weighted by Crippen LogP contribution is 2.24. The van der Waals surface area contributed by atoms with Crippen LogP contribution in [0.1, 0.15) is 12.5 Å². The van der Waals surface area contributed by atoms with Crippen molar-refractivity contribution in [2.45, 2.75) is 25.3 Å². The molecule has 1 fully saturated rings. The van der Waals surface area contributed by atoms with Crippen LogP contribution in [0.15, 0.2) is 60.7 Å². The average Bonchev–Trinajstić information content (AvgIpc) is 2.61. The number of benzene rings is 2. The van der Waals surface area contributed by atoms with Crippen molar-refractivity contribution in [3.05, 3.63) is 66.2 Å². The Hall–Kier alpha value is -3.02. The molecule has 24 heavy (non-hydrogen) atoms. The maximum Gasteiger partial charge on any atom is 0.408 e. The predicted molar refractivity (Wildman–Crippen MR) is 87.2 cm³/mol. The summed E-state index contributed by atoms with van der Waals surface area (Å²) in [7, 11) is 0. The van der Waals surface area contributed by atoms with E-state index in [0.717, 1.165) is 5.56 Å². The molecule has 0 radical (unpaired) electrons. The van der Waals surface area contributed by atoms with Crippen LogP contribution in [0.3, 0.4) is 0 Å². The van der Waals surface area contributed by atoms with Crippen molar-refractivity contribution in [1.82, 2.24) is 10.6 Å². The molecule has 0 bridgehead atoms. The lowest BCUT2D eigenvalue weighted by molar-refractivity contribution is -0.148. The van der Waals surface area contributed by atoms with E-state index in [9.17, 15) is 9.59 Å². The predicted octanol–water partition coefficient (Wildman–Crippen LogP) is 2.21. The lowest BCUT2D eigenvalue weighted by Gasteiger charge is -2.45. The highest BCUT2D eigenvalue weighted by atomic mass is 16.6. The molecule has 2 N–H and O–H groups in total. The first-order valence-corrected chi connectivity index (χ1v) is 7.59. The number of rotatable bonds is 5. The first-order valence-electron chi connectivity index (χ1n) is 7.59. The molecule has 124 valence electrons. The van der Waals surface area contributed by atoms with Crippen LogP contribution in [-0.4, -0.2) is 23.8 Å². The van der Waals surface area contributed by atoms with E-state index in [4.69, 9.17) is 9.47 Å². The van der Waals surface area contributed by atoms with Gasteiger partial charge in [-0.15, -0.1) is 0 Å². The molecule has 6 heteroatoms. The molecule has 0 spiro atoms. The molecule has 1 aliphatic heterocycles. The fourth-order valence-electron chi connectivity index (χ4n) is 2.33. The van der Waals surface area contributed by atoms with Crippen LogP contribution in [0.4, 0.5) is 4.79 Å². The first kappa shape index (κ1) is 15.9. The van der Waals surface area contributed by atoms with E-state index in [-0.39, 0.29) is 12.5 Å². The zero-order valence-electron chi connectivity index (χ0n) is 13.2. The normalized spacial score (nSPS) is 22.0. The van der Waals surface area contributed by atoms with E-state index >= 15 is 0 Å². The van der Waals surface area contributed by atoms with Gasteiger partial charge in [-0.2, -0.15) is 0 Å². The standard InChI is InChI=1S/C18H18N2O4/c1-18(20-17(22)23-12-13-8-4-2-5-9-13)15(21)19-16(18)24-14-10-6-3-7-11-14/h2-11,16H,12H2,1H3,(H,19,21)(H,20,22)/t16-,18+/m0/s1.